The first-order valence-corrected chi connectivity index (χ1v) is 16.8. The van der Waals surface area contributed by atoms with E-state index in [0.717, 1.165) is 28.4 Å². The molecule has 10 aromatic rings. The standard InChI is InChI=1S/C46H31N3/c1-3-15-36(16-4-1)47-28-27-42-44(47)26-24-41-43-31-40(23-25-45(43)49(46(41)42)37-17-5-2-6-18-37)48(38-21-19-32-11-7-9-13-34(32)29-38)39-22-20-33-12-8-10-14-35(33)30-39/h1-31H. The highest BCUT2D eigenvalue weighted by Gasteiger charge is 2.20. The number of benzene rings is 8. The van der Waals surface area contributed by atoms with Crippen molar-refractivity contribution in [3.05, 3.63) is 188 Å². The summed E-state index contributed by atoms with van der Waals surface area (Å²) in [6.07, 6.45) is 2.19. The molecule has 0 fully saturated rings. The van der Waals surface area contributed by atoms with E-state index in [2.05, 4.69) is 202 Å². The van der Waals surface area contributed by atoms with Gasteiger partial charge in [0.15, 0.2) is 0 Å². The Bertz CT molecular complexity index is 2750. The molecule has 0 saturated carbocycles. The van der Waals surface area contributed by atoms with Crippen LogP contribution in [0.15, 0.2) is 188 Å². The largest absolute Gasteiger partial charge is 0.316 e. The van der Waals surface area contributed by atoms with Crippen LogP contribution in [0.1, 0.15) is 0 Å². The SMILES string of the molecule is c1ccc(-n2ccc3c2ccc2c4cc(N(c5ccc6ccccc6c5)c5ccc6ccccc6c5)ccc4n(-c4ccccc4)c23)cc1. The van der Waals surface area contributed by atoms with E-state index in [-0.39, 0.29) is 0 Å². The van der Waals surface area contributed by atoms with Crippen LogP contribution in [0.4, 0.5) is 17.1 Å². The van der Waals surface area contributed by atoms with Gasteiger partial charge in [0.2, 0.25) is 0 Å². The molecule has 0 radical (unpaired) electrons. The van der Waals surface area contributed by atoms with Gasteiger partial charge in [0.25, 0.3) is 0 Å². The van der Waals surface area contributed by atoms with Gasteiger partial charge >= 0.3 is 0 Å². The van der Waals surface area contributed by atoms with Gasteiger partial charge in [-0.2, -0.15) is 0 Å². The van der Waals surface area contributed by atoms with Crippen molar-refractivity contribution in [3.63, 3.8) is 0 Å². The van der Waals surface area contributed by atoms with Gasteiger partial charge in [0.05, 0.1) is 16.6 Å². The molecule has 0 amide bonds. The molecule has 2 aromatic heterocycles. The number of hydrogen-bond acceptors (Lipinski definition) is 1. The second-order valence-electron chi connectivity index (χ2n) is 12.7. The van der Waals surface area contributed by atoms with E-state index in [1.165, 1.54) is 54.3 Å². The lowest BCUT2D eigenvalue weighted by atomic mass is 10.1. The fourth-order valence-corrected chi connectivity index (χ4v) is 7.59. The van der Waals surface area contributed by atoms with Gasteiger partial charge in [-0.05, 0) is 100 Å². The van der Waals surface area contributed by atoms with Crippen molar-refractivity contribution in [2.45, 2.75) is 0 Å². The van der Waals surface area contributed by atoms with E-state index >= 15 is 0 Å². The lowest BCUT2D eigenvalue weighted by Crippen LogP contribution is -2.10. The Morgan fingerprint density at radius 1 is 0.347 bits per heavy atom. The zero-order valence-corrected chi connectivity index (χ0v) is 26.7. The predicted molar refractivity (Wildman–Crippen MR) is 207 cm³/mol. The molecule has 0 N–H and O–H groups in total. The highest BCUT2D eigenvalue weighted by Crippen LogP contribution is 2.43. The first-order valence-electron chi connectivity index (χ1n) is 16.8. The molecule has 8 aromatic carbocycles. The maximum Gasteiger partial charge on any atom is 0.0635 e. The minimum Gasteiger partial charge on any atom is -0.316 e. The number of anilines is 3. The molecule has 0 bridgehead atoms. The first-order chi connectivity index (χ1) is 24.3. The zero-order chi connectivity index (χ0) is 32.3. The summed E-state index contributed by atoms with van der Waals surface area (Å²) in [5.74, 6) is 0. The Morgan fingerprint density at radius 2 is 0.878 bits per heavy atom. The Labute approximate surface area is 284 Å². The molecule has 0 spiro atoms. The minimum atomic E-state index is 1.12. The van der Waals surface area contributed by atoms with Crippen molar-refractivity contribution in [2.75, 3.05) is 4.90 Å². The summed E-state index contributed by atoms with van der Waals surface area (Å²) in [4.78, 5) is 2.40. The molecule has 0 atom stereocenters. The van der Waals surface area contributed by atoms with Gasteiger partial charge in [-0.25, -0.2) is 0 Å². The molecule has 49 heavy (non-hydrogen) atoms. The van der Waals surface area contributed by atoms with Gasteiger partial charge in [-0.15, -0.1) is 0 Å². The van der Waals surface area contributed by atoms with Crippen molar-refractivity contribution in [3.8, 4) is 11.4 Å². The van der Waals surface area contributed by atoms with Crippen molar-refractivity contribution in [1.29, 1.82) is 0 Å². The van der Waals surface area contributed by atoms with Crippen LogP contribution < -0.4 is 4.90 Å². The van der Waals surface area contributed by atoms with Gasteiger partial charge in [0, 0.05) is 50.8 Å². The van der Waals surface area contributed by atoms with Crippen LogP contribution in [0.25, 0.3) is 65.6 Å². The van der Waals surface area contributed by atoms with Gasteiger partial charge in [-0.3, -0.25) is 0 Å². The predicted octanol–water partition coefficient (Wildman–Crippen LogP) is 12.5. The van der Waals surface area contributed by atoms with Crippen molar-refractivity contribution >= 4 is 71.3 Å². The number of rotatable bonds is 5. The van der Waals surface area contributed by atoms with Gasteiger partial charge in [0.1, 0.15) is 0 Å². The second-order valence-corrected chi connectivity index (χ2v) is 12.7. The number of fused-ring (bicyclic) bond motifs is 7. The van der Waals surface area contributed by atoms with Crippen molar-refractivity contribution in [1.82, 2.24) is 9.13 Å². The first kappa shape index (κ1) is 27.5. The maximum absolute atomic E-state index is 2.43. The highest BCUT2D eigenvalue weighted by molar-refractivity contribution is 6.19. The number of aromatic nitrogens is 2. The van der Waals surface area contributed by atoms with E-state index in [1.807, 2.05) is 0 Å². The third-order valence-electron chi connectivity index (χ3n) is 9.87. The summed E-state index contributed by atoms with van der Waals surface area (Å²) in [7, 11) is 0. The van der Waals surface area contributed by atoms with Gasteiger partial charge < -0.3 is 14.0 Å². The van der Waals surface area contributed by atoms with Crippen LogP contribution in [0, 0.1) is 0 Å². The molecule has 0 saturated heterocycles. The summed E-state index contributed by atoms with van der Waals surface area (Å²) >= 11 is 0. The Hall–Kier alpha value is -6.58. The third-order valence-corrected chi connectivity index (χ3v) is 9.87. The van der Waals surface area contributed by atoms with Crippen LogP contribution in [-0.4, -0.2) is 9.13 Å². The quantitative estimate of drug-likeness (QED) is 0.185. The molecular formula is C46H31N3. The van der Waals surface area contributed by atoms with Crippen LogP contribution in [0.2, 0.25) is 0 Å². The van der Waals surface area contributed by atoms with Crippen molar-refractivity contribution in [2.24, 2.45) is 0 Å². The topological polar surface area (TPSA) is 13.1 Å². The fourth-order valence-electron chi connectivity index (χ4n) is 7.59. The van der Waals surface area contributed by atoms with E-state index in [9.17, 15) is 0 Å². The van der Waals surface area contributed by atoms with Crippen LogP contribution >= 0.6 is 0 Å². The summed E-state index contributed by atoms with van der Waals surface area (Å²) in [6, 6.07) is 65.8. The molecule has 0 aliphatic heterocycles. The van der Waals surface area contributed by atoms with Gasteiger partial charge in [-0.1, -0.05) is 103 Å². The lowest BCUT2D eigenvalue weighted by Gasteiger charge is -2.26. The highest BCUT2D eigenvalue weighted by atomic mass is 15.1. The average Bonchev–Trinajstić information content (AvgIpc) is 3.75. The third kappa shape index (κ3) is 4.44. The second kappa shape index (κ2) is 11.0. The van der Waals surface area contributed by atoms with Crippen LogP contribution in [-0.2, 0) is 0 Å². The molecule has 230 valence electrons. The Kier molecular flexibility index (Phi) is 6.18. The van der Waals surface area contributed by atoms with E-state index in [1.54, 1.807) is 0 Å². The van der Waals surface area contributed by atoms with Crippen LogP contribution in [0.3, 0.4) is 0 Å². The zero-order valence-electron chi connectivity index (χ0n) is 26.7. The summed E-state index contributed by atoms with van der Waals surface area (Å²) in [6.45, 7) is 0. The van der Waals surface area contributed by atoms with E-state index in [4.69, 9.17) is 0 Å². The molecule has 0 unspecified atom stereocenters. The van der Waals surface area contributed by atoms with Crippen LogP contribution in [0.5, 0.6) is 0 Å². The maximum atomic E-state index is 2.43. The number of hydrogen-bond donors (Lipinski definition) is 0. The van der Waals surface area contributed by atoms with Crippen molar-refractivity contribution < 1.29 is 0 Å². The molecule has 3 heteroatoms. The normalized spacial score (nSPS) is 11.7. The Balaban J connectivity index is 1.25. The fraction of sp³-hybridized carbons (Fsp3) is 0. The molecule has 10 rings (SSSR count). The smallest absolute Gasteiger partial charge is 0.0635 e. The molecule has 2 heterocycles. The Morgan fingerprint density at radius 3 is 1.53 bits per heavy atom. The average molecular weight is 626 g/mol. The number of nitrogens with zero attached hydrogens (tertiary/aromatic N) is 3. The lowest BCUT2D eigenvalue weighted by molar-refractivity contribution is 1.13. The summed E-state index contributed by atoms with van der Waals surface area (Å²) < 4.78 is 4.72. The minimum absolute atomic E-state index is 1.12. The molecule has 3 nitrogen and oxygen atoms in total. The molecule has 0 aliphatic carbocycles. The van der Waals surface area contributed by atoms with E-state index in [0.29, 0.717) is 0 Å². The molecule has 0 aliphatic rings. The summed E-state index contributed by atoms with van der Waals surface area (Å²) in [5, 5.41) is 8.59. The monoisotopic (exact) mass is 625 g/mol. The number of para-hydroxylation sites is 2. The van der Waals surface area contributed by atoms with E-state index < -0.39 is 0 Å². The summed E-state index contributed by atoms with van der Waals surface area (Å²) in [5.41, 5.74) is 9.26. The molecular weight excluding hydrogens is 595 g/mol.